The van der Waals surface area contributed by atoms with Gasteiger partial charge in [0.05, 0.1) is 27.7 Å². The van der Waals surface area contributed by atoms with Crippen molar-refractivity contribution in [1.29, 1.82) is 0 Å². The average Bonchev–Trinajstić information content (AvgIpc) is 3.61. The molecule has 0 rings (SSSR count). The summed E-state index contributed by atoms with van der Waals surface area (Å²) in [6.45, 7) is 4.35. The van der Waals surface area contributed by atoms with Crippen LogP contribution < -0.4 is 0 Å². The summed E-state index contributed by atoms with van der Waals surface area (Å²) < 4.78 is 34.8. The van der Waals surface area contributed by atoms with Crippen LogP contribution >= 0.6 is 7.82 Å². The number of ether oxygens (including phenoxy) is 2. The Balaban J connectivity index is 3.95. The van der Waals surface area contributed by atoms with E-state index < -0.39 is 26.5 Å². The number of phosphoric ester groups is 1. The Kier molecular flexibility index (Phi) is 68.3. The number of rotatable bonds is 71. The standard InChI is InChI=1S/C80H146NO8P/c1-6-8-10-12-14-16-18-20-22-24-26-28-30-32-34-35-36-37-38-39-40-41-42-43-44-45-47-48-50-52-54-56-58-60-62-64-66-68-70-72-79(82)86-76-78(77-88-90(84,85)87-75-74-81(3,4)5)89-80(83)73-71-69-67-65-63-61-59-57-55-53-51-49-46-33-31-29-27-25-23-21-19-17-15-13-11-9-7-2/h9,11,15,17,21,23-24,26-27,29,33,46,51,53,78H,6-8,10,12-14,16,18-20,22,25,28,30-32,34-45,47-50,52,54-77H2,1-5H3/p+1/b11-9-,17-15-,23-21-,26-24-,29-27-,46-33-,53-51-. The number of carbonyl (C=O) groups excluding carboxylic acids is 2. The Morgan fingerprint density at radius 2 is 0.633 bits per heavy atom. The lowest BCUT2D eigenvalue weighted by Gasteiger charge is -2.24. The van der Waals surface area contributed by atoms with Gasteiger partial charge in [-0.1, -0.05) is 343 Å². The van der Waals surface area contributed by atoms with E-state index in [1.807, 2.05) is 21.1 Å². The van der Waals surface area contributed by atoms with Gasteiger partial charge in [0.15, 0.2) is 6.10 Å². The number of phosphoric acid groups is 1. The first kappa shape index (κ1) is 87.2. The molecule has 524 valence electrons. The van der Waals surface area contributed by atoms with Crippen LogP contribution in [-0.4, -0.2) is 74.9 Å². The second kappa shape index (κ2) is 70.5. The van der Waals surface area contributed by atoms with Crippen molar-refractivity contribution < 1.29 is 42.1 Å². The summed E-state index contributed by atoms with van der Waals surface area (Å²) in [6.07, 6.45) is 97.3. The first-order chi connectivity index (χ1) is 44.0. The van der Waals surface area contributed by atoms with Crippen LogP contribution in [0.15, 0.2) is 85.1 Å². The van der Waals surface area contributed by atoms with Crippen LogP contribution in [0.5, 0.6) is 0 Å². The molecule has 0 aliphatic carbocycles. The lowest BCUT2D eigenvalue weighted by atomic mass is 10.0. The van der Waals surface area contributed by atoms with Crippen molar-refractivity contribution in [3.8, 4) is 0 Å². The van der Waals surface area contributed by atoms with Crippen molar-refractivity contribution in [1.82, 2.24) is 0 Å². The van der Waals surface area contributed by atoms with Crippen molar-refractivity contribution in [3.05, 3.63) is 85.1 Å². The molecule has 90 heavy (non-hydrogen) atoms. The molecule has 0 aliphatic heterocycles. The van der Waals surface area contributed by atoms with Crippen LogP contribution in [0.1, 0.15) is 361 Å². The summed E-state index contributed by atoms with van der Waals surface area (Å²) in [4.78, 5) is 35.9. The van der Waals surface area contributed by atoms with E-state index in [0.29, 0.717) is 17.4 Å². The molecule has 0 aliphatic rings. The van der Waals surface area contributed by atoms with Crippen LogP contribution in [0.25, 0.3) is 0 Å². The summed E-state index contributed by atoms with van der Waals surface area (Å²) in [5, 5.41) is 0. The molecule has 2 atom stereocenters. The lowest BCUT2D eigenvalue weighted by Crippen LogP contribution is -2.37. The van der Waals surface area contributed by atoms with E-state index in [1.165, 1.54) is 244 Å². The van der Waals surface area contributed by atoms with E-state index in [2.05, 4.69) is 98.9 Å². The molecule has 0 bridgehead atoms. The molecular formula is C80H147NO8P+. The van der Waals surface area contributed by atoms with Gasteiger partial charge in [-0.25, -0.2) is 4.57 Å². The number of hydrogen-bond acceptors (Lipinski definition) is 7. The Labute approximate surface area is 558 Å². The Hall–Kier alpha value is -2.81. The van der Waals surface area contributed by atoms with Crippen LogP contribution in [0.3, 0.4) is 0 Å². The van der Waals surface area contributed by atoms with Gasteiger partial charge in [0.2, 0.25) is 0 Å². The number of unbranched alkanes of at least 4 members (excludes halogenated alkanes) is 43. The molecule has 2 unspecified atom stereocenters. The summed E-state index contributed by atoms with van der Waals surface area (Å²) >= 11 is 0. The van der Waals surface area contributed by atoms with Gasteiger partial charge in [0, 0.05) is 12.8 Å². The number of likely N-dealkylation sites (N-methyl/N-ethyl adjacent to an activating group) is 1. The highest BCUT2D eigenvalue weighted by molar-refractivity contribution is 7.47. The van der Waals surface area contributed by atoms with Gasteiger partial charge in [0.25, 0.3) is 0 Å². The maximum atomic E-state index is 12.9. The van der Waals surface area contributed by atoms with E-state index in [4.69, 9.17) is 18.5 Å². The minimum atomic E-state index is -4.40. The van der Waals surface area contributed by atoms with Gasteiger partial charge in [-0.05, 0) is 89.9 Å². The van der Waals surface area contributed by atoms with Crippen molar-refractivity contribution >= 4 is 19.8 Å². The summed E-state index contributed by atoms with van der Waals surface area (Å²) in [5.41, 5.74) is 0. The third kappa shape index (κ3) is 74.2. The van der Waals surface area contributed by atoms with Crippen LogP contribution in [0, 0.1) is 0 Å². The molecule has 0 radical (unpaired) electrons. The number of nitrogens with zero attached hydrogens (tertiary/aromatic N) is 1. The first-order valence-electron chi connectivity index (χ1n) is 38.3. The van der Waals surface area contributed by atoms with Crippen LogP contribution in [0.4, 0.5) is 0 Å². The monoisotopic (exact) mass is 1280 g/mol. The van der Waals surface area contributed by atoms with E-state index in [1.54, 1.807) is 0 Å². The number of hydrogen-bond donors (Lipinski definition) is 1. The number of quaternary nitrogens is 1. The first-order valence-corrected chi connectivity index (χ1v) is 39.8. The maximum absolute atomic E-state index is 12.9. The molecule has 0 aromatic heterocycles. The van der Waals surface area contributed by atoms with Crippen LogP contribution in [-0.2, 0) is 32.7 Å². The summed E-state index contributed by atoms with van der Waals surface area (Å²) in [7, 11) is 1.48. The third-order valence-corrected chi connectivity index (χ3v) is 17.9. The predicted molar refractivity (Wildman–Crippen MR) is 390 cm³/mol. The molecule has 0 saturated carbocycles. The van der Waals surface area contributed by atoms with Gasteiger partial charge in [-0.3, -0.25) is 18.6 Å². The molecule has 0 aromatic rings. The second-order valence-corrected chi connectivity index (χ2v) is 28.5. The molecule has 0 fully saturated rings. The molecule has 10 heteroatoms. The molecule has 0 spiro atoms. The Morgan fingerprint density at radius 3 is 0.956 bits per heavy atom. The zero-order valence-electron chi connectivity index (χ0n) is 59.9. The van der Waals surface area contributed by atoms with Crippen molar-refractivity contribution in [2.24, 2.45) is 0 Å². The highest BCUT2D eigenvalue weighted by Gasteiger charge is 2.27. The second-order valence-electron chi connectivity index (χ2n) is 27.0. The minimum Gasteiger partial charge on any atom is -0.462 e. The normalized spacial score (nSPS) is 13.5. The smallest absolute Gasteiger partial charge is 0.462 e. The summed E-state index contributed by atoms with van der Waals surface area (Å²) in [6, 6.07) is 0. The van der Waals surface area contributed by atoms with E-state index in [0.717, 1.165) is 83.5 Å². The fraction of sp³-hybridized carbons (Fsp3) is 0.800. The Morgan fingerprint density at radius 1 is 0.356 bits per heavy atom. The average molecular weight is 1280 g/mol. The summed E-state index contributed by atoms with van der Waals surface area (Å²) in [5.74, 6) is -0.796. The quantitative estimate of drug-likeness (QED) is 0.0211. The molecule has 0 amide bonds. The molecule has 9 nitrogen and oxygen atoms in total. The zero-order chi connectivity index (χ0) is 65.5. The molecule has 0 aromatic carbocycles. The topological polar surface area (TPSA) is 108 Å². The highest BCUT2D eigenvalue weighted by atomic mass is 31.2. The molecule has 1 N–H and O–H groups in total. The fourth-order valence-electron chi connectivity index (χ4n) is 11.1. The minimum absolute atomic E-state index is 0.0280. The number of esters is 2. The molecule has 0 saturated heterocycles. The molecule has 0 heterocycles. The predicted octanol–water partition coefficient (Wildman–Crippen LogP) is 25.3. The van der Waals surface area contributed by atoms with Gasteiger partial charge in [-0.2, -0.15) is 0 Å². The van der Waals surface area contributed by atoms with Gasteiger partial charge in [-0.15, -0.1) is 0 Å². The largest absolute Gasteiger partial charge is 0.472 e. The maximum Gasteiger partial charge on any atom is 0.472 e. The van der Waals surface area contributed by atoms with Crippen molar-refractivity contribution in [3.63, 3.8) is 0 Å². The molecular weight excluding hydrogens is 1130 g/mol. The Bertz CT molecular complexity index is 1800. The highest BCUT2D eigenvalue weighted by Crippen LogP contribution is 2.43. The fourth-order valence-corrected chi connectivity index (χ4v) is 11.8. The van der Waals surface area contributed by atoms with Crippen molar-refractivity contribution in [2.75, 3.05) is 47.5 Å². The van der Waals surface area contributed by atoms with E-state index >= 15 is 0 Å². The van der Waals surface area contributed by atoms with Gasteiger partial charge < -0.3 is 18.9 Å². The lowest BCUT2D eigenvalue weighted by molar-refractivity contribution is -0.870. The van der Waals surface area contributed by atoms with E-state index in [-0.39, 0.29) is 32.0 Å². The van der Waals surface area contributed by atoms with Crippen molar-refractivity contribution in [2.45, 2.75) is 367 Å². The van der Waals surface area contributed by atoms with Crippen LogP contribution in [0.2, 0.25) is 0 Å². The third-order valence-electron chi connectivity index (χ3n) is 16.9. The number of allylic oxidation sites excluding steroid dienone is 14. The van der Waals surface area contributed by atoms with Gasteiger partial charge in [0.1, 0.15) is 19.8 Å². The van der Waals surface area contributed by atoms with E-state index in [9.17, 15) is 19.0 Å². The SMILES string of the molecule is CC/C=C\C/C=C\C/C=C\C/C=C\C/C=C\C/C=C\CCCCCCCCCCC(=O)OC(COC(=O)CCCCCCCCCCCCCCCCCCCCCCCCCCCCC/C=C\CCCCCCCCCC)COP(=O)(O)OCC[N+](C)(C)C. The zero-order valence-corrected chi connectivity index (χ0v) is 60.8. The van der Waals surface area contributed by atoms with Gasteiger partial charge >= 0.3 is 19.8 Å². The number of carbonyl (C=O) groups is 2.